The van der Waals surface area contributed by atoms with Crippen molar-refractivity contribution in [2.24, 2.45) is 0 Å². The molecule has 10 nitrogen and oxygen atoms in total. The molecule has 3 aromatic carbocycles. The number of esters is 1. The first-order valence-corrected chi connectivity index (χ1v) is 20.1. The van der Waals surface area contributed by atoms with E-state index in [-0.39, 0.29) is 17.3 Å². The number of nitrogens with zero attached hydrogens (tertiary/aromatic N) is 5. The molecule has 1 aliphatic heterocycles. The number of anilines is 2. The summed E-state index contributed by atoms with van der Waals surface area (Å²) in [5, 5.41) is 5.49. The minimum Gasteiger partial charge on any atom is -0.465 e. The van der Waals surface area contributed by atoms with E-state index in [4.69, 9.17) is 49.5 Å². The minimum atomic E-state index is -0.547. The van der Waals surface area contributed by atoms with Crippen LogP contribution in [-0.2, 0) is 4.74 Å². The second-order valence-electron chi connectivity index (χ2n) is 14.5. The van der Waals surface area contributed by atoms with E-state index in [1.165, 1.54) is 45.4 Å². The van der Waals surface area contributed by atoms with Gasteiger partial charge in [-0.05, 0) is 55.7 Å². The first-order chi connectivity index (χ1) is 27.2. The molecule has 0 unspecified atom stereocenters. The fourth-order valence-corrected chi connectivity index (χ4v) is 8.99. The highest BCUT2D eigenvalue weighted by Crippen LogP contribution is 2.42. The van der Waals surface area contributed by atoms with Gasteiger partial charge in [0.1, 0.15) is 5.69 Å². The molecule has 288 valence electrons. The largest absolute Gasteiger partial charge is 0.465 e. The third-order valence-corrected chi connectivity index (χ3v) is 11.9. The second kappa shape index (κ2) is 16.3. The number of amides is 1. The van der Waals surface area contributed by atoms with Gasteiger partial charge in [0.15, 0.2) is 5.82 Å². The van der Waals surface area contributed by atoms with Crippen LogP contribution in [0.25, 0.3) is 33.4 Å². The van der Waals surface area contributed by atoms with Gasteiger partial charge in [-0.2, -0.15) is 0 Å². The van der Waals surface area contributed by atoms with Crippen LogP contribution in [0.1, 0.15) is 71.5 Å². The van der Waals surface area contributed by atoms with Gasteiger partial charge >= 0.3 is 5.97 Å². The first kappa shape index (κ1) is 38.0. The number of methoxy groups -OCH3 is 1. The summed E-state index contributed by atoms with van der Waals surface area (Å²) < 4.78 is 7.08. The fraction of sp³-hybridized carbons (Fsp3) is 0.302. The Morgan fingerprint density at radius 1 is 0.893 bits per heavy atom. The van der Waals surface area contributed by atoms with Gasteiger partial charge in [-0.3, -0.25) is 9.69 Å². The number of hydrogen-bond donors (Lipinski definition) is 2. The molecule has 0 bridgehead atoms. The van der Waals surface area contributed by atoms with Crippen molar-refractivity contribution in [3.63, 3.8) is 0 Å². The number of ether oxygens (including phenoxy) is 1. The van der Waals surface area contributed by atoms with Crippen molar-refractivity contribution in [1.29, 1.82) is 0 Å². The topological polar surface area (TPSA) is 108 Å². The zero-order valence-electron chi connectivity index (χ0n) is 31.2. The van der Waals surface area contributed by atoms with Gasteiger partial charge in [0.25, 0.3) is 5.91 Å². The lowest BCUT2D eigenvalue weighted by molar-refractivity contribution is 0.0600. The smallest absolute Gasteiger partial charge is 0.339 e. The summed E-state index contributed by atoms with van der Waals surface area (Å²) in [6.07, 6.45) is 9.63. The van der Waals surface area contributed by atoms with Gasteiger partial charge in [0, 0.05) is 75.5 Å². The van der Waals surface area contributed by atoms with Gasteiger partial charge in [0.05, 0.1) is 42.1 Å². The molecule has 2 N–H and O–H groups in total. The molecule has 1 amide bonds. The molecular weight excluding hydrogens is 769 g/mol. The molecule has 1 saturated carbocycles. The zero-order chi connectivity index (χ0) is 38.9. The van der Waals surface area contributed by atoms with E-state index in [0.29, 0.717) is 55.1 Å². The van der Waals surface area contributed by atoms with Crippen molar-refractivity contribution in [3.05, 3.63) is 117 Å². The number of pyridine rings is 1. The number of piperazine rings is 1. The maximum Gasteiger partial charge on any atom is 0.339 e. The number of nitrogens with one attached hydrogen (secondary N) is 2. The van der Waals surface area contributed by atoms with Crippen LogP contribution < -0.4 is 10.2 Å². The molecule has 3 aromatic heterocycles. The summed E-state index contributed by atoms with van der Waals surface area (Å²) in [6.45, 7) is 5.31. The molecule has 1 aliphatic carbocycles. The summed E-state index contributed by atoms with van der Waals surface area (Å²) >= 11 is 19.6. The Bertz CT molecular complexity index is 2400. The summed E-state index contributed by atoms with van der Waals surface area (Å²) in [6, 6.07) is 22.7. The number of aromatic nitrogens is 4. The van der Waals surface area contributed by atoms with E-state index in [0.717, 1.165) is 42.7 Å². The molecule has 0 radical (unpaired) electrons. The Morgan fingerprint density at radius 3 is 2.36 bits per heavy atom. The lowest BCUT2D eigenvalue weighted by Gasteiger charge is -2.41. The number of fused-ring (bicyclic) bond motifs is 1. The van der Waals surface area contributed by atoms with Crippen LogP contribution in [0, 0.1) is 0 Å². The Morgan fingerprint density at radius 2 is 1.62 bits per heavy atom. The quantitative estimate of drug-likeness (QED) is 0.140. The Labute approximate surface area is 340 Å². The third-order valence-electron chi connectivity index (χ3n) is 11.1. The first-order valence-electron chi connectivity index (χ1n) is 19.0. The molecule has 6 aromatic rings. The number of carbonyl (C=O) groups excluding carboxylic acids is 2. The molecule has 1 saturated heterocycles. The summed E-state index contributed by atoms with van der Waals surface area (Å²) in [5.41, 5.74) is 5.31. The highest BCUT2D eigenvalue weighted by atomic mass is 35.5. The van der Waals surface area contributed by atoms with Gasteiger partial charge in [0.2, 0.25) is 0 Å². The van der Waals surface area contributed by atoms with Crippen LogP contribution in [0.2, 0.25) is 15.1 Å². The molecule has 2 aliphatic rings. The lowest BCUT2D eigenvalue weighted by Crippen LogP contribution is -2.51. The lowest BCUT2D eigenvalue weighted by atomic mass is 9.94. The van der Waals surface area contributed by atoms with E-state index >= 15 is 0 Å². The van der Waals surface area contributed by atoms with E-state index in [9.17, 15) is 9.59 Å². The SMILES string of the molecule is COC(=O)c1cnc(N2CCN(C3CCCCC3)CC2)c(NC(=O)c2[nH]c3cc(Cl)ccc3c2-c2c(-c3ccccc3)ncn2[C@@H](C)c2ccc(Cl)cc2Cl)c1. The number of aromatic amines is 1. The molecule has 1 atom stereocenters. The molecule has 13 heteroatoms. The summed E-state index contributed by atoms with van der Waals surface area (Å²) in [4.78, 5) is 45.5. The van der Waals surface area contributed by atoms with E-state index in [1.807, 2.05) is 60.0 Å². The second-order valence-corrected chi connectivity index (χ2v) is 15.8. The highest BCUT2D eigenvalue weighted by molar-refractivity contribution is 6.35. The number of hydrogen-bond acceptors (Lipinski definition) is 7. The molecule has 0 spiro atoms. The summed E-state index contributed by atoms with van der Waals surface area (Å²) in [7, 11) is 1.33. The normalized spacial score (nSPS) is 15.9. The van der Waals surface area contributed by atoms with Gasteiger partial charge in [-0.25, -0.2) is 14.8 Å². The molecule has 8 rings (SSSR count). The average Bonchev–Trinajstić information content (AvgIpc) is 3.82. The fourth-order valence-electron chi connectivity index (χ4n) is 8.25. The van der Waals surface area contributed by atoms with Gasteiger partial charge in [-0.15, -0.1) is 0 Å². The van der Waals surface area contributed by atoms with Crippen LogP contribution in [-0.4, -0.2) is 75.6 Å². The van der Waals surface area contributed by atoms with Crippen LogP contribution in [0.15, 0.2) is 85.3 Å². The van der Waals surface area contributed by atoms with Crippen LogP contribution >= 0.6 is 34.8 Å². The van der Waals surface area contributed by atoms with Crippen LogP contribution in [0.3, 0.4) is 0 Å². The monoisotopic (exact) mass is 809 g/mol. The maximum absolute atomic E-state index is 14.9. The molecular formula is C43H42Cl3N7O3. The van der Waals surface area contributed by atoms with Crippen molar-refractivity contribution < 1.29 is 14.3 Å². The number of halogens is 3. The number of H-pyrrole nitrogens is 1. The molecule has 56 heavy (non-hydrogen) atoms. The van der Waals surface area contributed by atoms with E-state index in [1.54, 1.807) is 30.6 Å². The third kappa shape index (κ3) is 7.51. The van der Waals surface area contributed by atoms with Crippen molar-refractivity contribution in [3.8, 4) is 22.5 Å². The molecule has 4 heterocycles. The highest BCUT2D eigenvalue weighted by Gasteiger charge is 2.31. The maximum atomic E-state index is 14.9. The van der Waals surface area contributed by atoms with Crippen molar-refractivity contribution in [2.45, 2.75) is 51.1 Å². The number of rotatable bonds is 9. The van der Waals surface area contributed by atoms with Gasteiger partial charge in [-0.1, -0.05) is 96.5 Å². The standard InChI is InChI=1S/C43H42Cl3N7O3/c1-26(32-15-13-29(44)22-34(32)46)53-25-48-38(27-9-5-3-6-10-27)40(53)37-33-16-14-30(45)23-35(33)49-39(37)42(54)50-36-21-28(43(55)56-2)24-47-41(36)52-19-17-51(18-20-52)31-11-7-4-8-12-31/h3,5-6,9-10,13-16,21-26,31,49H,4,7-8,11-12,17-20H2,1-2H3,(H,50,54)/t26-/m0/s1. The molecule has 2 fully saturated rings. The predicted molar refractivity (Wildman–Crippen MR) is 224 cm³/mol. The average molecular weight is 811 g/mol. The van der Waals surface area contributed by atoms with Crippen molar-refractivity contribution >= 4 is 69.1 Å². The Hall–Kier alpha value is -4.87. The van der Waals surface area contributed by atoms with E-state index in [2.05, 4.69) is 20.1 Å². The Balaban J connectivity index is 1.23. The van der Waals surface area contributed by atoms with E-state index < -0.39 is 11.9 Å². The minimum absolute atomic E-state index is 0.231. The van der Waals surface area contributed by atoms with Crippen LogP contribution in [0.5, 0.6) is 0 Å². The summed E-state index contributed by atoms with van der Waals surface area (Å²) in [5.74, 6) is -0.382. The van der Waals surface area contributed by atoms with Crippen molar-refractivity contribution in [2.75, 3.05) is 43.5 Å². The van der Waals surface area contributed by atoms with Crippen molar-refractivity contribution in [1.82, 2.24) is 24.4 Å². The number of benzene rings is 3. The van der Waals surface area contributed by atoms with Gasteiger partial charge < -0.3 is 24.5 Å². The zero-order valence-corrected chi connectivity index (χ0v) is 33.5. The Kier molecular flexibility index (Phi) is 11.1. The number of imidazole rings is 1. The number of carbonyl (C=O) groups is 2. The predicted octanol–water partition coefficient (Wildman–Crippen LogP) is 10.2. The van der Waals surface area contributed by atoms with Crippen LogP contribution in [0.4, 0.5) is 11.5 Å².